The van der Waals surface area contributed by atoms with Crippen LogP contribution in [-0.4, -0.2) is 46.3 Å². The molecule has 1 aromatic carbocycles. The van der Waals surface area contributed by atoms with Crippen molar-refractivity contribution in [2.45, 2.75) is 251 Å². The predicted octanol–water partition coefficient (Wildman–Crippen LogP) is 17.3. The van der Waals surface area contributed by atoms with Crippen molar-refractivity contribution in [3.05, 3.63) is 34.9 Å². The molecule has 6 saturated carbocycles. The minimum atomic E-state index is -1.84. The van der Waals surface area contributed by atoms with E-state index in [0.29, 0.717) is 0 Å². The number of halogens is 2. The molecule has 7 heteroatoms. The van der Waals surface area contributed by atoms with E-state index in [4.69, 9.17) is 19.4 Å². The molecular formula is C47H82Cl2P2RuSSi+2. The summed E-state index contributed by atoms with van der Waals surface area (Å²) >= 11 is -0.0800. The molecule has 0 unspecified atom stereocenters. The molecule has 310 valence electrons. The molecule has 6 aliphatic rings. The maximum absolute atomic E-state index is 5.93. The summed E-state index contributed by atoms with van der Waals surface area (Å²) in [5.41, 5.74) is 7.36. The summed E-state index contributed by atoms with van der Waals surface area (Å²) in [6, 6.07) is 10.3. The van der Waals surface area contributed by atoms with E-state index < -0.39 is 21.6 Å². The van der Waals surface area contributed by atoms with Gasteiger partial charge < -0.3 is 0 Å². The normalized spacial score (nSPS) is 23.9. The fourth-order valence-corrected chi connectivity index (χ4v) is 29.8. The van der Waals surface area contributed by atoms with Crippen LogP contribution in [0.1, 0.15) is 193 Å². The van der Waals surface area contributed by atoms with Crippen LogP contribution < -0.4 is 0 Å². The first-order valence-electron chi connectivity index (χ1n) is 23.4. The van der Waals surface area contributed by atoms with Crippen LogP contribution in [0.4, 0.5) is 0 Å². The van der Waals surface area contributed by atoms with Gasteiger partial charge >= 0.3 is 116 Å². The van der Waals surface area contributed by atoms with E-state index in [1.54, 1.807) is 204 Å². The molecule has 54 heavy (non-hydrogen) atoms. The summed E-state index contributed by atoms with van der Waals surface area (Å²) in [4.78, 5) is 1.23. The number of hydrogen-bond acceptors (Lipinski definition) is 1. The Morgan fingerprint density at radius 3 is 0.963 bits per heavy atom. The van der Waals surface area contributed by atoms with E-state index in [1.807, 2.05) is 18.2 Å². The van der Waals surface area contributed by atoms with E-state index >= 15 is 0 Å². The molecule has 6 aliphatic carbocycles. The standard InChI is InChI=1S/2C18H33P.C11H14SSi.2ClH.Ru/c2*1-4-10-16(11-5-1)19(17-12-6-2-7-13-17)18-14-8-3-9-15-18;1-10(13(2,3)4)12-11-8-6-5-7-9-11;;;/h2*16-18H,1-15H2;5-9H,2-4H3;2*1H;/q;;;;;+2. The van der Waals surface area contributed by atoms with Gasteiger partial charge in [0.15, 0.2) is 0 Å². The summed E-state index contributed by atoms with van der Waals surface area (Å²) in [7, 11) is 10.4. The molecule has 0 N–H and O–H groups in total. The topological polar surface area (TPSA) is 0 Å². The zero-order valence-corrected chi connectivity index (χ0v) is 42.1. The molecule has 0 aromatic heterocycles. The van der Waals surface area contributed by atoms with Gasteiger partial charge in [-0.3, -0.25) is 0 Å². The van der Waals surface area contributed by atoms with Crippen LogP contribution in [0, 0.1) is 0 Å². The second-order valence-electron chi connectivity index (χ2n) is 19.3. The second-order valence-corrected chi connectivity index (χ2v) is 37.9. The van der Waals surface area contributed by atoms with Gasteiger partial charge in [-0.2, -0.15) is 0 Å². The molecule has 0 atom stereocenters. The van der Waals surface area contributed by atoms with E-state index in [0.717, 1.165) is 0 Å². The van der Waals surface area contributed by atoms with E-state index in [9.17, 15) is 0 Å². The molecule has 6 fully saturated rings. The third kappa shape index (κ3) is 16.2. The van der Waals surface area contributed by atoms with Crippen molar-refractivity contribution in [3.63, 3.8) is 0 Å². The Labute approximate surface area is 356 Å². The summed E-state index contributed by atoms with van der Waals surface area (Å²) in [5, 5.41) is 0. The van der Waals surface area contributed by atoms with Gasteiger partial charge in [0, 0.05) is 15.8 Å². The quantitative estimate of drug-likeness (QED) is 0.135. The van der Waals surface area contributed by atoms with Crippen molar-refractivity contribution in [1.82, 2.24) is 0 Å². The van der Waals surface area contributed by atoms with Crippen LogP contribution in [0.15, 0.2) is 39.8 Å². The van der Waals surface area contributed by atoms with Crippen LogP contribution in [0.25, 0.3) is 0 Å². The van der Waals surface area contributed by atoms with Gasteiger partial charge in [0.05, 0.1) is 34.0 Å². The Balaban J connectivity index is 0.000000157. The molecule has 0 amide bonds. The van der Waals surface area contributed by atoms with Gasteiger partial charge in [-0.05, 0) is 154 Å². The van der Waals surface area contributed by atoms with Gasteiger partial charge in [-0.1, -0.05) is 38.5 Å². The van der Waals surface area contributed by atoms with Gasteiger partial charge in [0.1, 0.15) is 0 Å². The number of thioether (sulfide) groups is 1. The summed E-state index contributed by atoms with van der Waals surface area (Å²) in [6.07, 6.45) is 47.6. The number of hydrogen-bond donors (Lipinski definition) is 0. The molecule has 0 nitrogen and oxygen atoms in total. The van der Waals surface area contributed by atoms with Crippen LogP contribution in [0.3, 0.4) is 0 Å². The Morgan fingerprint density at radius 2 is 0.741 bits per heavy atom. The van der Waals surface area contributed by atoms with Gasteiger partial charge in [0.2, 0.25) is 0 Å². The van der Waals surface area contributed by atoms with Gasteiger partial charge in [-0.25, -0.2) is 0 Å². The summed E-state index contributed by atoms with van der Waals surface area (Å²) in [5.74, 6) is 0. The summed E-state index contributed by atoms with van der Waals surface area (Å²) in [6.45, 7) is 6.86. The monoisotopic (exact) mass is 940 g/mol. The third-order valence-corrected chi connectivity index (χ3v) is 30.1. The first-order valence-corrected chi connectivity index (χ1v) is 36.5. The van der Waals surface area contributed by atoms with Crippen LogP contribution in [0.5, 0.6) is 0 Å². The SMILES string of the molecule is C1CCC([PH+](C2CCCCC2)C2CCCCC2)CC1.C1CCC([PH+](C2CCCCC2)C2CCCCC2)CC1.C[Si](C)(C)C(=[C]=[Ru]([Cl])[Cl])Sc1ccccc1. The van der Waals surface area contributed by atoms with Crippen molar-refractivity contribution in [2.75, 3.05) is 0 Å². The van der Waals surface area contributed by atoms with E-state index in [1.165, 1.54) is 43.4 Å². The molecule has 0 spiro atoms. The Hall–Kier alpha value is 1.50. The third-order valence-electron chi connectivity index (χ3n) is 14.3. The minimum absolute atomic E-state index is 0.0465. The fraction of sp³-hybridized carbons (Fsp3) is 0.830. The molecule has 0 aliphatic heterocycles. The van der Waals surface area contributed by atoms with Crippen LogP contribution >= 0.6 is 47.0 Å². The molecule has 1 aromatic rings. The first kappa shape index (κ1) is 46.6. The van der Waals surface area contributed by atoms with Crippen molar-refractivity contribution in [1.29, 1.82) is 0 Å². The van der Waals surface area contributed by atoms with Crippen molar-refractivity contribution >= 4 is 59.3 Å². The first-order chi connectivity index (χ1) is 26.3. The Kier molecular flexibility index (Phi) is 22.4. The zero-order chi connectivity index (χ0) is 38.0. The Bertz CT molecular complexity index is 1070. The van der Waals surface area contributed by atoms with Crippen molar-refractivity contribution in [2.24, 2.45) is 0 Å². The fourth-order valence-electron chi connectivity index (χ4n) is 11.6. The molecular weight excluding hydrogens is 859 g/mol. The number of rotatable bonds is 9. The second kappa shape index (κ2) is 26.0. The maximum atomic E-state index is 5.93. The number of benzene rings is 1. The predicted molar refractivity (Wildman–Crippen MR) is 254 cm³/mol. The van der Waals surface area contributed by atoms with E-state index in [-0.39, 0.29) is 15.8 Å². The molecule has 0 heterocycles. The van der Waals surface area contributed by atoms with Gasteiger partial charge in [-0.15, -0.1) is 0 Å². The molecule has 7 rings (SSSR count). The average Bonchev–Trinajstić information content (AvgIpc) is 3.21. The van der Waals surface area contributed by atoms with Crippen LogP contribution in [0.2, 0.25) is 19.6 Å². The zero-order valence-electron chi connectivity index (χ0n) is 35.1. The molecule has 0 saturated heterocycles. The van der Waals surface area contributed by atoms with Crippen molar-refractivity contribution in [3.8, 4) is 0 Å². The average molecular weight is 941 g/mol. The Morgan fingerprint density at radius 1 is 0.481 bits per heavy atom. The molecule has 0 radical (unpaired) electrons. The molecule has 0 bridgehead atoms. The van der Waals surface area contributed by atoms with Crippen LogP contribution in [-0.2, 0) is 13.5 Å². The van der Waals surface area contributed by atoms with E-state index in [2.05, 4.69) is 36.0 Å². The summed E-state index contributed by atoms with van der Waals surface area (Å²) < 4.78 is 4.55. The van der Waals surface area contributed by atoms with Gasteiger partial charge in [0.25, 0.3) is 0 Å². The van der Waals surface area contributed by atoms with Crippen molar-refractivity contribution < 1.29 is 13.5 Å².